The first-order valence-corrected chi connectivity index (χ1v) is 6.76. The van der Waals surface area contributed by atoms with Crippen LogP contribution in [-0.4, -0.2) is 26.8 Å². The molecular weight excluding hydrogens is 338 g/mol. The summed E-state index contributed by atoms with van der Waals surface area (Å²) in [6.07, 6.45) is 4.66. The van der Waals surface area contributed by atoms with Crippen LogP contribution in [0.5, 0.6) is 0 Å². The van der Waals surface area contributed by atoms with Gasteiger partial charge in [-0.25, -0.2) is 4.79 Å². The Bertz CT molecular complexity index is 722. The second kappa shape index (κ2) is 6.36. The first kappa shape index (κ1) is 15.0. The molecule has 0 saturated carbocycles. The second-order valence-corrected chi connectivity index (χ2v) is 5.06. The molecule has 0 spiro atoms. The zero-order valence-electron chi connectivity index (χ0n) is 11.1. The summed E-state index contributed by atoms with van der Waals surface area (Å²) in [5.74, 6) is -1.34. The average molecular weight is 350 g/mol. The molecule has 0 aliphatic rings. The molecule has 0 atom stereocenters. The smallest absolute Gasteiger partial charge is 0.335 e. The van der Waals surface area contributed by atoms with Crippen molar-refractivity contribution >= 4 is 39.6 Å². The van der Waals surface area contributed by atoms with Gasteiger partial charge >= 0.3 is 5.97 Å². The lowest BCUT2D eigenvalue weighted by Crippen LogP contribution is -2.09. The number of rotatable bonds is 4. The number of aryl methyl sites for hydroxylation is 1. The fourth-order valence-electron chi connectivity index (χ4n) is 1.63. The van der Waals surface area contributed by atoms with E-state index in [0.717, 1.165) is 5.69 Å². The Morgan fingerprint density at radius 2 is 2.14 bits per heavy atom. The maximum Gasteiger partial charge on any atom is 0.335 e. The summed E-state index contributed by atoms with van der Waals surface area (Å²) >= 11 is 3.23. The van der Waals surface area contributed by atoms with Crippen LogP contribution in [-0.2, 0) is 11.8 Å². The molecule has 21 heavy (non-hydrogen) atoms. The van der Waals surface area contributed by atoms with Gasteiger partial charge in [-0.15, -0.1) is 0 Å². The lowest BCUT2D eigenvalue weighted by Gasteiger charge is -2.06. The van der Waals surface area contributed by atoms with Crippen LogP contribution in [0.4, 0.5) is 5.69 Å². The summed E-state index contributed by atoms with van der Waals surface area (Å²) < 4.78 is 2.14. The van der Waals surface area contributed by atoms with Gasteiger partial charge in [0.25, 0.3) is 0 Å². The molecule has 1 amide bonds. The lowest BCUT2D eigenvalue weighted by molar-refractivity contribution is -0.111. The van der Waals surface area contributed by atoms with Crippen LogP contribution in [0.2, 0.25) is 0 Å². The molecule has 0 saturated heterocycles. The first-order valence-electron chi connectivity index (χ1n) is 5.97. The monoisotopic (exact) mass is 349 g/mol. The number of nitrogens with one attached hydrogen (secondary N) is 1. The van der Waals surface area contributed by atoms with E-state index < -0.39 is 5.97 Å². The highest BCUT2D eigenvalue weighted by Crippen LogP contribution is 2.23. The molecule has 1 aromatic heterocycles. The highest BCUT2D eigenvalue weighted by molar-refractivity contribution is 9.10. The van der Waals surface area contributed by atoms with Crippen molar-refractivity contribution < 1.29 is 14.7 Å². The van der Waals surface area contributed by atoms with Gasteiger partial charge in [0, 0.05) is 23.8 Å². The highest BCUT2D eigenvalue weighted by atomic mass is 79.9. The van der Waals surface area contributed by atoms with E-state index in [-0.39, 0.29) is 11.5 Å². The summed E-state index contributed by atoms with van der Waals surface area (Å²) in [5, 5.41) is 15.5. The van der Waals surface area contributed by atoms with Crippen molar-refractivity contribution in [2.75, 3.05) is 5.32 Å². The van der Waals surface area contributed by atoms with Gasteiger partial charge in [-0.3, -0.25) is 9.48 Å². The fourth-order valence-corrected chi connectivity index (χ4v) is 2.11. The number of halogens is 1. The summed E-state index contributed by atoms with van der Waals surface area (Å²) in [7, 11) is 1.78. The van der Waals surface area contributed by atoms with Crippen LogP contribution in [0.15, 0.2) is 41.0 Å². The Hall–Kier alpha value is -2.41. The van der Waals surface area contributed by atoms with Gasteiger partial charge in [-0.2, -0.15) is 5.10 Å². The molecule has 0 aliphatic carbocycles. The summed E-state index contributed by atoms with van der Waals surface area (Å²) in [6, 6.07) is 6.17. The Balaban J connectivity index is 2.08. The minimum absolute atomic E-state index is 0.144. The van der Waals surface area contributed by atoms with E-state index >= 15 is 0 Å². The van der Waals surface area contributed by atoms with Crippen molar-refractivity contribution in [2.45, 2.75) is 0 Å². The van der Waals surface area contributed by atoms with Crippen LogP contribution in [0.1, 0.15) is 16.1 Å². The molecule has 0 fully saturated rings. The van der Waals surface area contributed by atoms with Crippen LogP contribution in [0.25, 0.3) is 6.08 Å². The number of hydrogen-bond donors (Lipinski definition) is 2. The number of hydrogen-bond acceptors (Lipinski definition) is 3. The molecule has 2 aromatic rings. The summed E-state index contributed by atoms with van der Waals surface area (Å²) in [6.45, 7) is 0. The van der Waals surface area contributed by atoms with Gasteiger partial charge in [0.1, 0.15) is 0 Å². The number of carbonyl (C=O) groups excluding carboxylic acids is 1. The Morgan fingerprint density at radius 1 is 1.38 bits per heavy atom. The van der Waals surface area contributed by atoms with Crippen molar-refractivity contribution in [2.24, 2.45) is 7.05 Å². The molecule has 0 unspecified atom stereocenters. The van der Waals surface area contributed by atoms with E-state index in [1.54, 1.807) is 30.1 Å². The third-order valence-corrected chi connectivity index (χ3v) is 3.39. The minimum atomic E-state index is -1.02. The number of nitrogens with zero attached hydrogens (tertiary/aromatic N) is 2. The SMILES string of the molecule is Cn1nccc1C=CC(=O)Nc1ccc(C(=O)O)cc1Br. The molecular formula is C14H12BrN3O3. The quantitative estimate of drug-likeness (QED) is 0.830. The van der Waals surface area contributed by atoms with E-state index in [2.05, 4.69) is 26.3 Å². The molecule has 0 bridgehead atoms. The number of aromatic carboxylic acids is 1. The predicted octanol–water partition coefficient (Wildman–Crippen LogP) is 2.53. The zero-order valence-corrected chi connectivity index (χ0v) is 12.7. The minimum Gasteiger partial charge on any atom is -0.478 e. The van der Waals surface area contributed by atoms with Crippen molar-refractivity contribution in [3.63, 3.8) is 0 Å². The molecule has 7 heteroatoms. The lowest BCUT2D eigenvalue weighted by atomic mass is 10.2. The van der Waals surface area contributed by atoms with E-state index in [9.17, 15) is 9.59 Å². The zero-order chi connectivity index (χ0) is 15.4. The Labute approximate surface area is 129 Å². The Morgan fingerprint density at radius 3 is 2.71 bits per heavy atom. The van der Waals surface area contributed by atoms with Crippen LogP contribution >= 0.6 is 15.9 Å². The second-order valence-electron chi connectivity index (χ2n) is 4.20. The number of benzene rings is 1. The largest absolute Gasteiger partial charge is 0.478 e. The molecule has 0 aliphatic heterocycles. The van der Waals surface area contributed by atoms with Gasteiger partial charge in [0.15, 0.2) is 0 Å². The van der Waals surface area contributed by atoms with Crippen LogP contribution < -0.4 is 5.32 Å². The normalized spacial score (nSPS) is 10.8. The molecule has 0 radical (unpaired) electrons. The van der Waals surface area contributed by atoms with E-state index in [4.69, 9.17) is 5.11 Å². The molecule has 1 aromatic carbocycles. The predicted molar refractivity (Wildman–Crippen MR) is 82.0 cm³/mol. The summed E-state index contributed by atoms with van der Waals surface area (Å²) in [5.41, 5.74) is 1.44. The maximum absolute atomic E-state index is 11.8. The third kappa shape index (κ3) is 3.79. The number of aromatic nitrogens is 2. The highest BCUT2D eigenvalue weighted by Gasteiger charge is 2.08. The first-order chi connectivity index (χ1) is 9.97. The molecule has 6 nitrogen and oxygen atoms in total. The molecule has 1 heterocycles. The third-order valence-electron chi connectivity index (χ3n) is 2.74. The van der Waals surface area contributed by atoms with Crippen LogP contribution in [0.3, 0.4) is 0 Å². The van der Waals surface area contributed by atoms with Crippen molar-refractivity contribution in [3.05, 3.63) is 52.3 Å². The van der Waals surface area contributed by atoms with Gasteiger partial charge < -0.3 is 10.4 Å². The van der Waals surface area contributed by atoms with Gasteiger partial charge in [0.05, 0.1) is 16.9 Å². The fraction of sp³-hybridized carbons (Fsp3) is 0.0714. The van der Waals surface area contributed by atoms with Crippen molar-refractivity contribution in [1.29, 1.82) is 0 Å². The van der Waals surface area contributed by atoms with E-state index in [1.807, 2.05) is 0 Å². The van der Waals surface area contributed by atoms with E-state index in [1.165, 1.54) is 24.3 Å². The van der Waals surface area contributed by atoms with Crippen molar-refractivity contribution in [3.8, 4) is 0 Å². The molecule has 2 N–H and O–H groups in total. The van der Waals surface area contributed by atoms with Crippen LogP contribution in [0, 0.1) is 0 Å². The molecule has 108 valence electrons. The summed E-state index contributed by atoms with van der Waals surface area (Å²) in [4.78, 5) is 22.7. The van der Waals surface area contributed by atoms with Gasteiger partial charge in [-0.1, -0.05) is 0 Å². The average Bonchev–Trinajstić information content (AvgIpc) is 2.84. The number of amides is 1. The number of carboxylic acid groups (broad SMARTS) is 1. The van der Waals surface area contributed by atoms with Gasteiger partial charge in [0.2, 0.25) is 5.91 Å². The van der Waals surface area contributed by atoms with E-state index in [0.29, 0.717) is 10.2 Å². The Kier molecular flexibility index (Phi) is 4.54. The number of anilines is 1. The number of carbonyl (C=O) groups is 2. The molecule has 2 rings (SSSR count). The topological polar surface area (TPSA) is 84.2 Å². The van der Waals surface area contributed by atoms with Gasteiger partial charge in [-0.05, 0) is 46.3 Å². The maximum atomic E-state index is 11.8. The number of carboxylic acids is 1. The standard InChI is InChI=1S/C14H12BrN3O3/c1-18-10(6-7-16-18)3-5-13(19)17-12-4-2-9(14(20)21)8-11(12)15/h2-8H,1H3,(H,17,19)(H,20,21). The van der Waals surface area contributed by atoms with Crippen molar-refractivity contribution in [1.82, 2.24) is 9.78 Å².